The molecular formula is C22H36N2O2. The van der Waals surface area contributed by atoms with E-state index >= 15 is 0 Å². The van der Waals surface area contributed by atoms with E-state index in [1.165, 1.54) is 31.5 Å². The van der Waals surface area contributed by atoms with E-state index in [0.717, 1.165) is 57.6 Å². The second-order valence-corrected chi connectivity index (χ2v) is 8.52. The van der Waals surface area contributed by atoms with Gasteiger partial charge in [0.1, 0.15) is 5.75 Å². The Morgan fingerprint density at radius 2 is 1.77 bits per heavy atom. The van der Waals surface area contributed by atoms with Crippen LogP contribution in [-0.2, 0) is 5.41 Å². The lowest BCUT2D eigenvalue weighted by atomic mass is 9.68. The van der Waals surface area contributed by atoms with E-state index in [1.807, 2.05) is 0 Å². The highest BCUT2D eigenvalue weighted by molar-refractivity contribution is 5.33. The Morgan fingerprint density at radius 1 is 1.12 bits per heavy atom. The van der Waals surface area contributed by atoms with Gasteiger partial charge >= 0.3 is 0 Å². The molecule has 2 fully saturated rings. The van der Waals surface area contributed by atoms with Crippen LogP contribution < -0.4 is 4.74 Å². The zero-order valence-corrected chi connectivity index (χ0v) is 16.6. The molecule has 4 heteroatoms. The average molecular weight is 361 g/mol. The van der Waals surface area contributed by atoms with Gasteiger partial charge in [0, 0.05) is 18.5 Å². The molecule has 0 radical (unpaired) electrons. The summed E-state index contributed by atoms with van der Waals surface area (Å²) in [5, 5.41) is 9.93. The van der Waals surface area contributed by atoms with Crippen LogP contribution in [0, 0.1) is 0 Å². The first-order valence-electron chi connectivity index (χ1n) is 10.4. The van der Waals surface area contributed by atoms with Crippen molar-refractivity contribution in [2.75, 3.05) is 46.9 Å². The number of aliphatic hydroxyl groups excluding tert-OH is 1. The van der Waals surface area contributed by atoms with Gasteiger partial charge in [0.2, 0.25) is 0 Å². The quantitative estimate of drug-likeness (QED) is 0.722. The topological polar surface area (TPSA) is 35.9 Å². The summed E-state index contributed by atoms with van der Waals surface area (Å²) < 4.78 is 5.96. The van der Waals surface area contributed by atoms with E-state index < -0.39 is 0 Å². The Hall–Kier alpha value is -1.10. The molecule has 3 rings (SSSR count). The molecule has 0 unspecified atom stereocenters. The van der Waals surface area contributed by atoms with Crippen LogP contribution in [0.3, 0.4) is 0 Å². The molecule has 1 heterocycles. The Bertz CT molecular complexity index is 530. The highest BCUT2D eigenvalue weighted by Crippen LogP contribution is 2.40. The fourth-order valence-electron chi connectivity index (χ4n) is 4.69. The monoisotopic (exact) mass is 360 g/mol. The maximum absolute atomic E-state index is 9.93. The zero-order valence-electron chi connectivity index (χ0n) is 16.6. The summed E-state index contributed by atoms with van der Waals surface area (Å²) in [6.07, 6.45) is 7.62. The summed E-state index contributed by atoms with van der Waals surface area (Å²) in [4.78, 5) is 4.81. The first-order chi connectivity index (χ1) is 12.6. The van der Waals surface area contributed by atoms with Gasteiger partial charge in [-0.3, -0.25) is 0 Å². The lowest BCUT2D eigenvalue weighted by Gasteiger charge is -2.41. The third kappa shape index (κ3) is 5.21. The van der Waals surface area contributed by atoms with Gasteiger partial charge in [-0.25, -0.2) is 0 Å². The number of likely N-dealkylation sites (N-methyl/N-ethyl adjacent to an activating group) is 1. The number of hydrogen-bond donors (Lipinski definition) is 1. The second-order valence-electron chi connectivity index (χ2n) is 8.52. The Labute approximate surface area is 159 Å². The molecule has 0 spiro atoms. The number of hydrogen-bond acceptors (Lipinski definition) is 4. The summed E-state index contributed by atoms with van der Waals surface area (Å²) >= 11 is 0. The van der Waals surface area contributed by atoms with Crippen molar-refractivity contribution >= 4 is 0 Å². The number of likely N-dealkylation sites (tertiary alicyclic amines) is 1. The van der Waals surface area contributed by atoms with Crippen LogP contribution in [0.1, 0.15) is 50.5 Å². The minimum absolute atomic E-state index is 0.122. The van der Waals surface area contributed by atoms with Gasteiger partial charge in [-0.1, -0.05) is 12.1 Å². The normalized spacial score (nSPS) is 27.2. The lowest BCUT2D eigenvalue weighted by Crippen LogP contribution is -2.41. The molecule has 146 valence electrons. The van der Waals surface area contributed by atoms with Crippen LogP contribution in [0.4, 0.5) is 0 Å². The molecule has 1 saturated carbocycles. The van der Waals surface area contributed by atoms with Gasteiger partial charge in [0.15, 0.2) is 0 Å². The molecule has 1 aromatic carbocycles. The molecule has 4 nitrogen and oxygen atoms in total. The predicted molar refractivity (Wildman–Crippen MR) is 107 cm³/mol. The molecule has 1 aliphatic heterocycles. The first kappa shape index (κ1) is 19.7. The van der Waals surface area contributed by atoms with Crippen molar-refractivity contribution in [3.8, 4) is 5.75 Å². The summed E-state index contributed by atoms with van der Waals surface area (Å²) in [6.45, 7) is 5.52. The van der Waals surface area contributed by atoms with Crippen molar-refractivity contribution in [3.05, 3.63) is 29.8 Å². The van der Waals surface area contributed by atoms with E-state index in [9.17, 15) is 5.11 Å². The van der Waals surface area contributed by atoms with Crippen LogP contribution in [0.5, 0.6) is 5.75 Å². The van der Waals surface area contributed by atoms with Crippen molar-refractivity contribution in [2.45, 2.75) is 56.5 Å². The van der Waals surface area contributed by atoms with Crippen molar-refractivity contribution in [3.63, 3.8) is 0 Å². The lowest BCUT2D eigenvalue weighted by molar-refractivity contribution is 0.0842. The van der Waals surface area contributed by atoms with E-state index in [1.54, 1.807) is 0 Å². The molecule has 1 saturated heterocycles. The van der Waals surface area contributed by atoms with Crippen LogP contribution >= 0.6 is 0 Å². The minimum atomic E-state index is -0.122. The van der Waals surface area contributed by atoms with Gasteiger partial charge in [0.05, 0.1) is 12.7 Å². The van der Waals surface area contributed by atoms with Gasteiger partial charge < -0.3 is 19.6 Å². The average Bonchev–Trinajstić information content (AvgIpc) is 3.14. The molecule has 2 aliphatic rings. The van der Waals surface area contributed by atoms with E-state index in [-0.39, 0.29) is 11.5 Å². The minimum Gasteiger partial charge on any atom is -0.494 e. The molecular weight excluding hydrogens is 324 g/mol. The number of rotatable bonds is 8. The molecule has 0 amide bonds. The standard InChI is InChI=1S/C22H36N2O2/c1-23(2)18-22(12-10-20(25)11-13-22)19-6-8-21(9-7-19)26-17-5-16-24-14-3-4-15-24/h6-9,20,25H,3-5,10-18H2,1-2H3. The van der Waals surface area contributed by atoms with E-state index in [2.05, 4.69) is 48.2 Å². The van der Waals surface area contributed by atoms with E-state index in [4.69, 9.17) is 4.74 Å². The van der Waals surface area contributed by atoms with Gasteiger partial charge in [-0.15, -0.1) is 0 Å². The summed E-state index contributed by atoms with van der Waals surface area (Å²) in [7, 11) is 4.29. The molecule has 1 aromatic rings. The van der Waals surface area contributed by atoms with Crippen LogP contribution in [-0.4, -0.2) is 67.9 Å². The SMILES string of the molecule is CN(C)CC1(c2ccc(OCCCN3CCCC3)cc2)CCC(O)CC1. The maximum Gasteiger partial charge on any atom is 0.119 e. The summed E-state index contributed by atoms with van der Waals surface area (Å²) in [6, 6.07) is 8.76. The van der Waals surface area contributed by atoms with Gasteiger partial charge in [-0.2, -0.15) is 0 Å². The van der Waals surface area contributed by atoms with Crippen molar-refractivity contribution in [1.82, 2.24) is 9.80 Å². The van der Waals surface area contributed by atoms with Crippen LogP contribution in [0.2, 0.25) is 0 Å². The highest BCUT2D eigenvalue weighted by Gasteiger charge is 2.36. The van der Waals surface area contributed by atoms with Crippen molar-refractivity contribution in [2.24, 2.45) is 0 Å². The molecule has 0 bridgehead atoms. The first-order valence-corrected chi connectivity index (χ1v) is 10.4. The van der Waals surface area contributed by atoms with Gasteiger partial charge in [-0.05, 0) is 89.8 Å². The molecule has 26 heavy (non-hydrogen) atoms. The Morgan fingerprint density at radius 3 is 2.38 bits per heavy atom. The number of aliphatic hydroxyl groups is 1. The maximum atomic E-state index is 9.93. The molecule has 1 N–H and O–H groups in total. The smallest absolute Gasteiger partial charge is 0.119 e. The Kier molecular flexibility index (Phi) is 6.96. The van der Waals surface area contributed by atoms with Crippen LogP contribution in [0.15, 0.2) is 24.3 Å². The fourth-order valence-corrected chi connectivity index (χ4v) is 4.69. The largest absolute Gasteiger partial charge is 0.494 e. The van der Waals surface area contributed by atoms with Crippen molar-refractivity contribution < 1.29 is 9.84 Å². The van der Waals surface area contributed by atoms with Gasteiger partial charge in [0.25, 0.3) is 0 Å². The molecule has 1 aliphatic carbocycles. The number of ether oxygens (including phenoxy) is 1. The number of benzene rings is 1. The highest BCUT2D eigenvalue weighted by atomic mass is 16.5. The van der Waals surface area contributed by atoms with Crippen molar-refractivity contribution in [1.29, 1.82) is 0 Å². The summed E-state index contributed by atoms with van der Waals surface area (Å²) in [5.41, 5.74) is 1.55. The second kappa shape index (κ2) is 9.20. The predicted octanol–water partition coefficient (Wildman–Crippen LogP) is 3.29. The third-order valence-electron chi connectivity index (χ3n) is 6.08. The fraction of sp³-hybridized carbons (Fsp3) is 0.727. The van der Waals surface area contributed by atoms with Crippen LogP contribution in [0.25, 0.3) is 0 Å². The number of nitrogens with zero attached hydrogens (tertiary/aromatic N) is 2. The molecule has 0 atom stereocenters. The Balaban J connectivity index is 1.54. The van der Waals surface area contributed by atoms with E-state index in [0.29, 0.717) is 0 Å². The third-order valence-corrected chi connectivity index (χ3v) is 6.08. The molecule has 0 aromatic heterocycles. The zero-order chi connectivity index (χ0) is 18.4. The summed E-state index contributed by atoms with van der Waals surface area (Å²) in [5.74, 6) is 0.978.